The van der Waals surface area contributed by atoms with Gasteiger partial charge in [-0.15, -0.1) is 0 Å². The second-order valence-corrected chi connectivity index (χ2v) is 7.43. The Bertz CT molecular complexity index is 1020. The van der Waals surface area contributed by atoms with E-state index < -0.39 is 11.6 Å². The molecule has 0 spiro atoms. The molecule has 156 valence electrons. The Morgan fingerprint density at radius 1 is 1.00 bits per heavy atom. The lowest BCUT2D eigenvalue weighted by Crippen LogP contribution is -2.45. The number of benzene rings is 1. The monoisotopic (exact) mass is 411 g/mol. The van der Waals surface area contributed by atoms with Crippen molar-refractivity contribution in [3.63, 3.8) is 0 Å². The minimum atomic E-state index is -0.894. The average molecular weight is 411 g/mol. The number of likely N-dealkylation sites (N-methyl/N-ethyl adjacent to an activating group) is 1. The molecule has 0 saturated carbocycles. The Hall–Kier alpha value is -3.20. The van der Waals surface area contributed by atoms with Crippen LogP contribution >= 0.6 is 0 Å². The number of aliphatic imine (C=N–C) groups is 1. The van der Waals surface area contributed by atoms with Crippen LogP contribution in [0.5, 0.6) is 0 Å². The molecule has 2 aliphatic rings. The fourth-order valence-electron chi connectivity index (χ4n) is 3.17. The van der Waals surface area contributed by atoms with Crippen molar-refractivity contribution >= 4 is 29.9 Å². The lowest BCUT2D eigenvalue weighted by molar-refractivity contribution is 0.311. The second kappa shape index (κ2) is 8.66. The zero-order valence-corrected chi connectivity index (χ0v) is 16.9. The lowest BCUT2D eigenvalue weighted by atomic mass is 10.2. The van der Waals surface area contributed by atoms with Gasteiger partial charge in [0.2, 0.25) is 11.9 Å². The number of anilines is 2. The first-order chi connectivity index (χ1) is 14.5. The predicted octanol–water partition coefficient (Wildman–Crippen LogP) is 2.84. The maximum atomic E-state index is 13.5. The van der Waals surface area contributed by atoms with Gasteiger partial charge in [0.05, 0.1) is 6.54 Å². The summed E-state index contributed by atoms with van der Waals surface area (Å²) < 4.78 is 26.6. The number of nitrogens with one attached hydrogen (secondary N) is 1. The smallest absolute Gasteiger partial charge is 0.233 e. The normalized spacial score (nSPS) is 17.4. The van der Waals surface area contributed by atoms with Crippen molar-refractivity contribution < 1.29 is 8.78 Å². The molecule has 1 fully saturated rings. The van der Waals surface area contributed by atoms with E-state index in [1.807, 2.05) is 13.0 Å². The van der Waals surface area contributed by atoms with E-state index in [1.54, 1.807) is 12.2 Å². The Kier molecular flexibility index (Phi) is 5.80. The molecule has 4 rings (SSSR count). The van der Waals surface area contributed by atoms with Crippen LogP contribution in [0.15, 0.2) is 34.8 Å². The number of nitrogens with zero attached hydrogens (tertiary/aromatic N) is 6. The SMILES string of the molecule is CC1=CC(Nc2nc(/C=C/c3ccc(F)c(F)c3)nc(N3CCN(C)CC3)n2)=NC1. The van der Waals surface area contributed by atoms with Crippen LogP contribution < -0.4 is 10.2 Å². The molecule has 0 radical (unpaired) electrons. The van der Waals surface area contributed by atoms with Gasteiger partial charge in [0.25, 0.3) is 0 Å². The van der Waals surface area contributed by atoms with E-state index in [9.17, 15) is 8.78 Å². The number of rotatable bonds is 4. The maximum Gasteiger partial charge on any atom is 0.233 e. The van der Waals surface area contributed by atoms with Crippen molar-refractivity contribution in [3.8, 4) is 0 Å². The largest absolute Gasteiger partial charge is 0.338 e. The number of amidine groups is 1. The van der Waals surface area contributed by atoms with E-state index in [-0.39, 0.29) is 0 Å². The van der Waals surface area contributed by atoms with Crippen LogP contribution in [0, 0.1) is 11.6 Å². The van der Waals surface area contributed by atoms with Crippen LogP contribution in [0.25, 0.3) is 12.2 Å². The van der Waals surface area contributed by atoms with Gasteiger partial charge < -0.3 is 15.1 Å². The van der Waals surface area contributed by atoms with E-state index >= 15 is 0 Å². The van der Waals surface area contributed by atoms with Gasteiger partial charge in [-0.2, -0.15) is 15.0 Å². The molecule has 1 N–H and O–H groups in total. The van der Waals surface area contributed by atoms with Crippen LogP contribution in [-0.2, 0) is 0 Å². The highest BCUT2D eigenvalue weighted by Gasteiger charge is 2.18. The fourth-order valence-corrected chi connectivity index (χ4v) is 3.17. The van der Waals surface area contributed by atoms with Crippen molar-refractivity contribution in [2.45, 2.75) is 6.92 Å². The van der Waals surface area contributed by atoms with Gasteiger partial charge in [0.15, 0.2) is 17.5 Å². The van der Waals surface area contributed by atoms with Crippen molar-refractivity contribution in [2.24, 2.45) is 4.99 Å². The summed E-state index contributed by atoms with van der Waals surface area (Å²) in [6, 6.07) is 3.73. The minimum absolute atomic E-state index is 0.397. The zero-order valence-electron chi connectivity index (χ0n) is 16.9. The maximum absolute atomic E-state index is 13.5. The topological polar surface area (TPSA) is 69.5 Å². The van der Waals surface area contributed by atoms with Gasteiger partial charge in [-0.05, 0) is 49.4 Å². The summed E-state index contributed by atoms with van der Waals surface area (Å²) in [6.45, 7) is 6.13. The summed E-state index contributed by atoms with van der Waals surface area (Å²) in [5.74, 6) is 0.328. The molecule has 1 aromatic carbocycles. The van der Waals surface area contributed by atoms with Crippen LogP contribution in [0.1, 0.15) is 18.3 Å². The minimum Gasteiger partial charge on any atom is -0.338 e. The van der Waals surface area contributed by atoms with E-state index in [0.29, 0.717) is 35.7 Å². The third-order valence-electron chi connectivity index (χ3n) is 4.92. The first-order valence-electron chi connectivity index (χ1n) is 9.77. The molecule has 3 heterocycles. The number of hydrogen-bond acceptors (Lipinski definition) is 7. The first kappa shape index (κ1) is 20.1. The third kappa shape index (κ3) is 4.85. The Morgan fingerprint density at radius 3 is 2.50 bits per heavy atom. The molecule has 0 aliphatic carbocycles. The molecule has 0 bridgehead atoms. The Labute approximate surface area is 173 Å². The molecule has 9 heteroatoms. The summed E-state index contributed by atoms with van der Waals surface area (Å²) in [7, 11) is 2.08. The molecule has 7 nitrogen and oxygen atoms in total. The molecule has 0 amide bonds. The van der Waals surface area contributed by atoms with Crippen molar-refractivity contribution in [1.82, 2.24) is 19.9 Å². The van der Waals surface area contributed by atoms with E-state index in [0.717, 1.165) is 43.9 Å². The van der Waals surface area contributed by atoms with Crippen LogP contribution in [0.4, 0.5) is 20.7 Å². The average Bonchev–Trinajstić information content (AvgIpc) is 3.14. The van der Waals surface area contributed by atoms with E-state index in [4.69, 9.17) is 0 Å². The number of piperazine rings is 1. The number of hydrogen-bond donors (Lipinski definition) is 1. The Morgan fingerprint density at radius 2 is 1.80 bits per heavy atom. The molecular weight excluding hydrogens is 388 g/mol. The molecule has 0 unspecified atom stereocenters. The van der Waals surface area contributed by atoms with Gasteiger partial charge in [0, 0.05) is 26.2 Å². The number of aromatic nitrogens is 3. The highest BCUT2D eigenvalue weighted by molar-refractivity contribution is 6.04. The Balaban J connectivity index is 1.62. The summed E-state index contributed by atoms with van der Waals surface area (Å²) >= 11 is 0. The highest BCUT2D eigenvalue weighted by atomic mass is 19.2. The van der Waals surface area contributed by atoms with Crippen molar-refractivity contribution in [3.05, 3.63) is 52.9 Å². The van der Waals surface area contributed by atoms with Crippen LogP contribution in [0.2, 0.25) is 0 Å². The summed E-state index contributed by atoms with van der Waals surface area (Å²) in [5.41, 5.74) is 1.67. The van der Waals surface area contributed by atoms with Gasteiger partial charge in [-0.1, -0.05) is 12.1 Å². The van der Waals surface area contributed by atoms with E-state index in [2.05, 4.69) is 42.1 Å². The number of halogens is 2. The third-order valence-corrected chi connectivity index (χ3v) is 4.92. The molecule has 30 heavy (non-hydrogen) atoms. The van der Waals surface area contributed by atoms with Gasteiger partial charge in [-0.25, -0.2) is 8.78 Å². The fraction of sp³-hybridized carbons (Fsp3) is 0.333. The molecule has 2 aliphatic heterocycles. The quantitative estimate of drug-likeness (QED) is 0.835. The van der Waals surface area contributed by atoms with Crippen LogP contribution in [0.3, 0.4) is 0 Å². The van der Waals surface area contributed by atoms with Crippen LogP contribution in [-0.4, -0.2) is 65.5 Å². The summed E-state index contributed by atoms with van der Waals surface area (Å²) in [5, 5.41) is 3.15. The summed E-state index contributed by atoms with van der Waals surface area (Å²) in [6.07, 6.45) is 5.26. The second-order valence-electron chi connectivity index (χ2n) is 7.43. The molecule has 2 aromatic rings. The van der Waals surface area contributed by atoms with Crippen molar-refractivity contribution in [2.75, 3.05) is 50.0 Å². The molecule has 1 aromatic heterocycles. The van der Waals surface area contributed by atoms with E-state index in [1.165, 1.54) is 6.07 Å². The molecular formula is C21H23F2N7. The van der Waals surface area contributed by atoms with Gasteiger partial charge >= 0.3 is 0 Å². The lowest BCUT2D eigenvalue weighted by Gasteiger charge is -2.32. The molecule has 1 saturated heterocycles. The highest BCUT2D eigenvalue weighted by Crippen LogP contribution is 2.17. The predicted molar refractivity (Wildman–Crippen MR) is 115 cm³/mol. The molecule has 0 atom stereocenters. The zero-order chi connectivity index (χ0) is 21.1. The first-order valence-corrected chi connectivity index (χ1v) is 9.77. The standard InChI is InChI=1S/C21H23F2N7/c1-14-11-19(24-13-14)26-20-25-18(6-4-15-3-5-16(22)17(23)12-15)27-21(28-20)30-9-7-29(2)8-10-30/h3-6,11-12H,7-10,13H2,1-2H3,(H,24,25,26,27,28)/b6-4+. The summed E-state index contributed by atoms with van der Waals surface area (Å²) in [4.78, 5) is 22.3. The van der Waals surface area contributed by atoms with Crippen molar-refractivity contribution in [1.29, 1.82) is 0 Å². The van der Waals surface area contributed by atoms with Gasteiger partial charge in [-0.3, -0.25) is 4.99 Å². The van der Waals surface area contributed by atoms with Gasteiger partial charge in [0.1, 0.15) is 5.84 Å².